The number of hydrogen-bond donors (Lipinski definition) is 3. The first-order chi connectivity index (χ1) is 13.9. The van der Waals surface area contributed by atoms with Crippen LogP contribution in [0.25, 0.3) is 11.1 Å². The van der Waals surface area contributed by atoms with Gasteiger partial charge in [-0.3, -0.25) is 0 Å². The summed E-state index contributed by atoms with van der Waals surface area (Å²) in [7, 11) is 0. The van der Waals surface area contributed by atoms with Gasteiger partial charge in [-0.25, -0.2) is 9.78 Å². The van der Waals surface area contributed by atoms with Crippen LogP contribution in [0.5, 0.6) is 0 Å². The summed E-state index contributed by atoms with van der Waals surface area (Å²) in [4.78, 5) is 14.9. The lowest BCUT2D eigenvalue weighted by atomic mass is 10.00. The van der Waals surface area contributed by atoms with Crippen molar-refractivity contribution < 1.29 is 15.0 Å². The molecule has 0 amide bonds. The highest BCUT2D eigenvalue weighted by molar-refractivity contribution is 6.29. The van der Waals surface area contributed by atoms with Crippen molar-refractivity contribution in [1.82, 2.24) is 10.3 Å². The van der Waals surface area contributed by atoms with Gasteiger partial charge >= 0.3 is 5.97 Å². The van der Waals surface area contributed by atoms with Crippen LogP contribution < -0.4 is 5.32 Å². The highest BCUT2D eigenvalue weighted by atomic mass is 35.5. The number of halogens is 3. The Morgan fingerprint density at radius 3 is 2.10 bits per heavy atom. The second-order valence-electron chi connectivity index (χ2n) is 7.02. The van der Waals surface area contributed by atoms with Gasteiger partial charge in [-0.1, -0.05) is 54.1 Å². The zero-order chi connectivity index (χ0) is 20.8. The molecule has 0 spiro atoms. The van der Waals surface area contributed by atoms with Gasteiger partial charge in [0.2, 0.25) is 0 Å². The summed E-state index contributed by atoms with van der Waals surface area (Å²) in [6.07, 6.45) is 1.77. The molecule has 0 saturated heterocycles. The molecule has 2 atom stereocenters. The third-order valence-corrected chi connectivity index (χ3v) is 4.98. The zero-order valence-corrected chi connectivity index (χ0v) is 19.3. The maximum Gasteiger partial charge on any atom is 0.335 e. The van der Waals surface area contributed by atoms with Crippen molar-refractivity contribution in [2.75, 3.05) is 6.54 Å². The largest absolute Gasteiger partial charge is 0.478 e. The summed E-state index contributed by atoms with van der Waals surface area (Å²) >= 11 is 5.77. The Balaban J connectivity index is 0.00000240. The smallest absolute Gasteiger partial charge is 0.335 e. The number of hydrogen-bond acceptors (Lipinski definition) is 4. The number of carboxylic acid groups (broad SMARTS) is 1. The van der Waals surface area contributed by atoms with Crippen molar-refractivity contribution in [1.29, 1.82) is 0 Å². The Morgan fingerprint density at radius 1 is 1.00 bits per heavy atom. The Bertz CT molecular complexity index is 949. The van der Waals surface area contributed by atoms with E-state index in [0.717, 1.165) is 23.1 Å². The zero-order valence-electron chi connectivity index (χ0n) is 16.9. The van der Waals surface area contributed by atoms with Crippen LogP contribution in [0.2, 0.25) is 5.15 Å². The summed E-state index contributed by atoms with van der Waals surface area (Å²) in [6.45, 7) is 2.50. The van der Waals surface area contributed by atoms with E-state index in [-0.39, 0.29) is 36.4 Å². The molecule has 2 aromatic carbocycles. The van der Waals surface area contributed by atoms with Gasteiger partial charge in [-0.15, -0.1) is 24.8 Å². The summed E-state index contributed by atoms with van der Waals surface area (Å²) in [5.41, 5.74) is 4.21. The SMILES string of the molecule is C[C@H](Cc1ccc(-c2ccc(C(=O)O)cc2)cc1)NC[C@@H](O)c1ccc(Cl)nc1.Cl.Cl. The van der Waals surface area contributed by atoms with E-state index in [1.807, 2.05) is 24.3 Å². The molecule has 3 N–H and O–H groups in total. The number of aromatic carboxylic acids is 1. The molecule has 3 aromatic rings. The molecule has 5 nitrogen and oxygen atoms in total. The summed E-state index contributed by atoms with van der Waals surface area (Å²) in [5, 5.41) is 23.0. The van der Waals surface area contributed by atoms with Crippen LogP contribution in [-0.4, -0.2) is 33.8 Å². The highest BCUT2D eigenvalue weighted by Crippen LogP contribution is 2.21. The molecule has 0 unspecified atom stereocenters. The third-order valence-electron chi connectivity index (χ3n) is 4.76. The fourth-order valence-electron chi connectivity index (χ4n) is 3.08. The Labute approximate surface area is 199 Å². The first-order valence-electron chi connectivity index (χ1n) is 9.38. The third kappa shape index (κ3) is 7.80. The normalized spacial score (nSPS) is 12.2. The van der Waals surface area contributed by atoms with Gasteiger partial charge in [0.05, 0.1) is 11.7 Å². The number of aliphatic hydroxyl groups is 1. The van der Waals surface area contributed by atoms with Crippen LogP contribution in [0, 0.1) is 0 Å². The maximum absolute atomic E-state index is 11.0. The summed E-state index contributed by atoms with van der Waals surface area (Å²) < 4.78 is 0. The van der Waals surface area contributed by atoms with Crippen LogP contribution in [0.1, 0.15) is 34.5 Å². The molecule has 0 aliphatic rings. The lowest BCUT2D eigenvalue weighted by Gasteiger charge is -2.17. The van der Waals surface area contributed by atoms with Crippen LogP contribution in [0.3, 0.4) is 0 Å². The van der Waals surface area contributed by atoms with Crippen molar-refractivity contribution in [3.63, 3.8) is 0 Å². The number of rotatable bonds is 8. The van der Waals surface area contributed by atoms with Crippen LogP contribution in [0.15, 0.2) is 66.9 Å². The van der Waals surface area contributed by atoms with Crippen LogP contribution in [-0.2, 0) is 6.42 Å². The summed E-state index contributed by atoms with van der Waals surface area (Å²) in [6, 6.07) is 18.7. The van der Waals surface area contributed by atoms with E-state index in [1.165, 1.54) is 5.56 Å². The first-order valence-corrected chi connectivity index (χ1v) is 9.76. The average Bonchev–Trinajstić information content (AvgIpc) is 2.73. The predicted octanol–water partition coefficient (Wildman–Crippen LogP) is 5.20. The van der Waals surface area contributed by atoms with Crippen LogP contribution in [0.4, 0.5) is 0 Å². The predicted molar refractivity (Wildman–Crippen MR) is 129 cm³/mol. The lowest BCUT2D eigenvalue weighted by molar-refractivity contribution is 0.0697. The molecular weight excluding hydrogens is 459 g/mol. The van der Waals surface area contributed by atoms with E-state index in [0.29, 0.717) is 11.7 Å². The monoisotopic (exact) mass is 482 g/mol. The van der Waals surface area contributed by atoms with E-state index < -0.39 is 12.1 Å². The van der Waals surface area contributed by atoms with Crippen molar-refractivity contribution in [3.05, 3.63) is 88.7 Å². The van der Waals surface area contributed by atoms with Gasteiger partial charge in [0.1, 0.15) is 5.15 Å². The van der Waals surface area contributed by atoms with Crippen molar-refractivity contribution in [2.24, 2.45) is 0 Å². The molecule has 0 radical (unpaired) electrons. The number of aromatic nitrogens is 1. The second kappa shape index (κ2) is 12.6. The van der Waals surface area contributed by atoms with E-state index in [4.69, 9.17) is 16.7 Å². The Morgan fingerprint density at radius 2 is 1.58 bits per heavy atom. The number of nitrogens with one attached hydrogen (secondary N) is 1. The fraction of sp³-hybridized carbons (Fsp3) is 0.217. The number of benzene rings is 2. The first kappa shape index (κ1) is 26.9. The van der Waals surface area contributed by atoms with Crippen molar-refractivity contribution in [2.45, 2.75) is 25.5 Å². The van der Waals surface area contributed by atoms with Gasteiger partial charge < -0.3 is 15.5 Å². The van der Waals surface area contributed by atoms with Gasteiger partial charge in [0, 0.05) is 24.3 Å². The van der Waals surface area contributed by atoms with Gasteiger partial charge in [-0.2, -0.15) is 0 Å². The van der Waals surface area contributed by atoms with Gasteiger partial charge in [0.15, 0.2) is 0 Å². The number of pyridine rings is 1. The summed E-state index contributed by atoms with van der Waals surface area (Å²) in [5.74, 6) is -0.925. The maximum atomic E-state index is 11.0. The van der Waals surface area contributed by atoms with E-state index in [9.17, 15) is 9.90 Å². The topological polar surface area (TPSA) is 82.5 Å². The number of carboxylic acids is 1. The molecule has 1 aromatic heterocycles. The van der Waals surface area contributed by atoms with E-state index in [1.54, 1.807) is 30.5 Å². The van der Waals surface area contributed by atoms with E-state index in [2.05, 4.69) is 29.4 Å². The Kier molecular flexibility index (Phi) is 11.0. The lowest BCUT2D eigenvalue weighted by Crippen LogP contribution is -2.32. The fourth-order valence-corrected chi connectivity index (χ4v) is 3.19. The van der Waals surface area contributed by atoms with Gasteiger partial charge in [0.25, 0.3) is 0 Å². The standard InChI is InChI=1S/C23H23ClN2O3.2ClH/c1-15(25-14-21(27)20-10-11-22(24)26-13-20)12-16-2-4-17(5-3-16)18-6-8-19(9-7-18)23(28)29;;/h2-11,13,15,21,25,27H,12,14H2,1H3,(H,28,29);2*1H/t15-,21-;;/m1../s1. The molecule has 0 bridgehead atoms. The molecule has 0 aliphatic heterocycles. The quantitative estimate of drug-likeness (QED) is 0.384. The second-order valence-corrected chi connectivity index (χ2v) is 7.41. The minimum absolute atomic E-state index is 0. The molecule has 3 rings (SSSR count). The van der Waals surface area contributed by atoms with Crippen molar-refractivity contribution >= 4 is 42.4 Å². The Hall–Kier alpha value is -2.15. The van der Waals surface area contributed by atoms with Crippen LogP contribution >= 0.6 is 36.4 Å². The van der Waals surface area contributed by atoms with Gasteiger partial charge in [-0.05, 0) is 48.2 Å². The molecule has 1 heterocycles. The molecule has 0 saturated carbocycles. The van der Waals surface area contributed by atoms with Crippen molar-refractivity contribution in [3.8, 4) is 11.1 Å². The molecule has 8 heteroatoms. The molecule has 0 fully saturated rings. The number of nitrogens with zero attached hydrogens (tertiary/aromatic N) is 1. The molecule has 31 heavy (non-hydrogen) atoms. The minimum Gasteiger partial charge on any atom is -0.478 e. The number of aliphatic hydroxyl groups excluding tert-OH is 1. The highest BCUT2D eigenvalue weighted by Gasteiger charge is 2.11. The molecular formula is C23H25Cl3N2O3. The average molecular weight is 484 g/mol. The molecule has 166 valence electrons. The minimum atomic E-state index is -0.925. The molecule has 0 aliphatic carbocycles. The van der Waals surface area contributed by atoms with E-state index >= 15 is 0 Å². The number of carbonyl (C=O) groups is 1.